The molecule has 1 aliphatic heterocycles. The van der Waals surface area contributed by atoms with Gasteiger partial charge in [-0.3, -0.25) is 5.43 Å². The Morgan fingerprint density at radius 1 is 1.65 bits per heavy atom. The van der Waals surface area contributed by atoms with Gasteiger partial charge < -0.3 is 4.90 Å². The Labute approximate surface area is 121 Å². The third-order valence-electron chi connectivity index (χ3n) is 3.03. The van der Waals surface area contributed by atoms with E-state index in [1.165, 1.54) is 16.7 Å². The minimum Gasteiger partial charge on any atom is -0.336 e. The minimum absolute atomic E-state index is 0.00340. The van der Waals surface area contributed by atoms with E-state index in [-0.39, 0.29) is 17.5 Å². The molecule has 0 spiro atoms. The Bertz CT molecular complexity index is 583. The van der Waals surface area contributed by atoms with Gasteiger partial charge in [0.25, 0.3) is 0 Å². The highest BCUT2D eigenvalue weighted by Crippen LogP contribution is 2.28. The van der Waals surface area contributed by atoms with E-state index in [9.17, 15) is 12.8 Å². The van der Waals surface area contributed by atoms with Gasteiger partial charge in [-0.25, -0.2) is 23.6 Å². The van der Waals surface area contributed by atoms with Crippen LogP contribution in [0.4, 0.5) is 16.2 Å². The van der Waals surface area contributed by atoms with Gasteiger partial charge in [0, 0.05) is 23.8 Å². The summed E-state index contributed by atoms with van der Waals surface area (Å²) in [5, 5.41) is -0.777. The predicted molar refractivity (Wildman–Crippen MR) is 77.7 cm³/mol. The molecular formula is C10H16FN5O2S2. The van der Waals surface area contributed by atoms with Crippen LogP contribution in [0.25, 0.3) is 0 Å². The summed E-state index contributed by atoms with van der Waals surface area (Å²) >= 11 is 1.53. The van der Waals surface area contributed by atoms with Crippen molar-refractivity contribution in [2.24, 2.45) is 5.84 Å². The molecule has 2 heterocycles. The number of thioether (sulfide) groups is 1. The Kier molecular flexibility index (Phi) is 4.66. The second-order valence-electron chi connectivity index (χ2n) is 4.18. The van der Waals surface area contributed by atoms with E-state index in [1.807, 2.05) is 0 Å². The van der Waals surface area contributed by atoms with E-state index in [4.69, 9.17) is 5.84 Å². The minimum atomic E-state index is -3.33. The molecule has 1 aromatic heterocycles. The standard InChI is InChI=1S/C10H16FN5O2S2/c1-2-20(17,18)8-6-19-4-3-16(8)9-7(11)5-13-10(14-9)15-12/h5,8H,2-4,6,12H2,1H3,(H,13,14,15). The summed E-state index contributed by atoms with van der Waals surface area (Å²) in [7, 11) is -3.33. The number of sulfone groups is 1. The second-order valence-corrected chi connectivity index (χ2v) is 7.78. The van der Waals surface area contributed by atoms with Crippen LogP contribution in [0.15, 0.2) is 6.20 Å². The molecule has 10 heteroatoms. The van der Waals surface area contributed by atoms with E-state index >= 15 is 0 Å². The van der Waals surface area contributed by atoms with Crippen molar-refractivity contribution in [3.05, 3.63) is 12.0 Å². The molecule has 1 saturated heterocycles. The van der Waals surface area contributed by atoms with Gasteiger partial charge in [-0.05, 0) is 0 Å². The van der Waals surface area contributed by atoms with Crippen LogP contribution >= 0.6 is 11.8 Å². The number of rotatable bonds is 4. The summed E-state index contributed by atoms with van der Waals surface area (Å²) < 4.78 is 38.2. The lowest BCUT2D eigenvalue weighted by atomic mass is 10.4. The average Bonchev–Trinajstić information content (AvgIpc) is 2.48. The van der Waals surface area contributed by atoms with Crippen LogP contribution in [0.5, 0.6) is 0 Å². The zero-order valence-corrected chi connectivity index (χ0v) is 12.5. The van der Waals surface area contributed by atoms with Crippen LogP contribution in [-0.4, -0.2) is 47.6 Å². The van der Waals surface area contributed by atoms with Gasteiger partial charge in [-0.1, -0.05) is 6.92 Å². The van der Waals surface area contributed by atoms with Crippen LogP contribution in [-0.2, 0) is 9.84 Å². The highest BCUT2D eigenvalue weighted by Gasteiger charge is 2.35. The maximum atomic E-state index is 13.9. The molecule has 7 nitrogen and oxygen atoms in total. The molecule has 0 bridgehead atoms. The zero-order chi connectivity index (χ0) is 14.8. The van der Waals surface area contributed by atoms with Gasteiger partial charge in [0.15, 0.2) is 21.5 Å². The van der Waals surface area contributed by atoms with Crippen molar-refractivity contribution in [2.75, 3.05) is 34.1 Å². The third-order valence-corrected chi connectivity index (χ3v) is 6.32. The highest BCUT2D eigenvalue weighted by atomic mass is 32.2. The van der Waals surface area contributed by atoms with Gasteiger partial charge in [0.1, 0.15) is 5.37 Å². The molecule has 0 aliphatic carbocycles. The lowest BCUT2D eigenvalue weighted by Gasteiger charge is -2.35. The van der Waals surface area contributed by atoms with Gasteiger partial charge in [-0.2, -0.15) is 16.7 Å². The molecule has 1 atom stereocenters. The normalized spacial score (nSPS) is 19.9. The lowest BCUT2D eigenvalue weighted by Crippen LogP contribution is -2.48. The maximum Gasteiger partial charge on any atom is 0.239 e. The van der Waals surface area contributed by atoms with Crippen molar-refractivity contribution in [3.63, 3.8) is 0 Å². The molecule has 3 N–H and O–H groups in total. The molecule has 0 saturated carbocycles. The summed E-state index contributed by atoms with van der Waals surface area (Å²) in [4.78, 5) is 9.08. The quantitative estimate of drug-likeness (QED) is 0.600. The fraction of sp³-hybridized carbons (Fsp3) is 0.600. The number of nitrogens with two attached hydrogens (primary N) is 1. The number of nitrogens with one attached hydrogen (secondary N) is 1. The van der Waals surface area contributed by atoms with Crippen LogP contribution in [0, 0.1) is 5.82 Å². The fourth-order valence-electron chi connectivity index (χ4n) is 1.94. The SMILES string of the molecule is CCS(=O)(=O)C1CSCCN1c1nc(NN)ncc1F. The lowest BCUT2D eigenvalue weighted by molar-refractivity contribution is 0.569. The molecule has 0 amide bonds. The molecule has 0 aromatic carbocycles. The summed E-state index contributed by atoms with van der Waals surface area (Å²) in [6.07, 6.45) is 0.981. The van der Waals surface area contributed by atoms with Crippen LogP contribution < -0.4 is 16.2 Å². The van der Waals surface area contributed by atoms with Crippen molar-refractivity contribution in [2.45, 2.75) is 12.3 Å². The van der Waals surface area contributed by atoms with Gasteiger partial charge >= 0.3 is 0 Å². The summed E-state index contributed by atoms with van der Waals surface area (Å²) in [6, 6.07) is 0. The molecule has 0 radical (unpaired) electrons. The maximum absolute atomic E-state index is 13.9. The Balaban J connectivity index is 2.42. The van der Waals surface area contributed by atoms with Gasteiger partial charge in [0.05, 0.1) is 6.20 Å². The van der Waals surface area contributed by atoms with Crippen molar-refractivity contribution in [1.29, 1.82) is 0 Å². The molecule has 1 unspecified atom stereocenters. The van der Waals surface area contributed by atoms with Gasteiger partial charge in [-0.15, -0.1) is 0 Å². The molecule has 20 heavy (non-hydrogen) atoms. The number of hydrazine groups is 1. The topological polar surface area (TPSA) is 101 Å². The van der Waals surface area contributed by atoms with Crippen molar-refractivity contribution in [3.8, 4) is 0 Å². The predicted octanol–water partition coefficient (Wildman–Crippen LogP) is 0.215. The van der Waals surface area contributed by atoms with Crippen LogP contribution in [0.1, 0.15) is 6.92 Å². The largest absolute Gasteiger partial charge is 0.336 e. The number of hydrogen-bond donors (Lipinski definition) is 2. The summed E-state index contributed by atoms with van der Waals surface area (Å²) in [5.41, 5.74) is 2.23. The molecule has 1 fully saturated rings. The van der Waals surface area contributed by atoms with Crippen molar-refractivity contribution >= 4 is 33.4 Å². The van der Waals surface area contributed by atoms with Crippen molar-refractivity contribution < 1.29 is 12.8 Å². The zero-order valence-electron chi connectivity index (χ0n) is 10.9. The fourth-order valence-corrected chi connectivity index (χ4v) is 4.91. The van der Waals surface area contributed by atoms with Gasteiger partial charge in [0.2, 0.25) is 5.95 Å². The van der Waals surface area contributed by atoms with E-state index < -0.39 is 21.0 Å². The van der Waals surface area contributed by atoms with E-state index in [0.29, 0.717) is 18.1 Å². The van der Waals surface area contributed by atoms with E-state index in [1.54, 1.807) is 6.92 Å². The van der Waals surface area contributed by atoms with Crippen molar-refractivity contribution in [1.82, 2.24) is 9.97 Å². The Morgan fingerprint density at radius 3 is 3.05 bits per heavy atom. The van der Waals surface area contributed by atoms with Crippen LogP contribution in [0.2, 0.25) is 0 Å². The first kappa shape index (κ1) is 15.3. The molecule has 2 rings (SSSR count). The molecule has 1 aromatic rings. The first-order valence-corrected chi connectivity index (χ1v) is 8.91. The molecule has 1 aliphatic rings. The second kappa shape index (κ2) is 6.10. The summed E-state index contributed by atoms with van der Waals surface area (Å²) in [5.74, 6) is 5.67. The average molecular weight is 321 g/mol. The van der Waals surface area contributed by atoms with E-state index in [2.05, 4.69) is 15.4 Å². The number of anilines is 2. The first-order valence-electron chi connectivity index (χ1n) is 6.04. The first-order chi connectivity index (χ1) is 9.49. The highest BCUT2D eigenvalue weighted by molar-refractivity contribution is 8.01. The number of halogens is 1. The Hall–Kier alpha value is -1.13. The van der Waals surface area contributed by atoms with Crippen LogP contribution in [0.3, 0.4) is 0 Å². The number of hydrogen-bond acceptors (Lipinski definition) is 8. The summed E-state index contributed by atoms with van der Waals surface area (Å²) in [6.45, 7) is 1.99. The third kappa shape index (κ3) is 2.96. The number of nitrogen functional groups attached to an aromatic ring is 1. The molecule has 112 valence electrons. The molecular weight excluding hydrogens is 305 g/mol. The number of nitrogens with zero attached hydrogens (tertiary/aromatic N) is 3. The monoisotopic (exact) mass is 321 g/mol. The smallest absolute Gasteiger partial charge is 0.239 e. The number of aromatic nitrogens is 2. The van der Waals surface area contributed by atoms with E-state index in [0.717, 1.165) is 6.20 Å². The Morgan fingerprint density at radius 2 is 2.40 bits per heavy atom.